The fraction of sp³-hybridized carbons (Fsp3) is 0.385. The predicted octanol–water partition coefficient (Wildman–Crippen LogP) is 1.80. The molecule has 2 rings (SSSR count). The molecule has 1 atom stereocenters. The smallest absolute Gasteiger partial charge is 0.258 e. The molecule has 0 fully saturated rings. The number of rotatable bonds is 6. The molecule has 0 aliphatic rings. The fourth-order valence-corrected chi connectivity index (χ4v) is 3.14. The van der Waals surface area contributed by atoms with Gasteiger partial charge in [0, 0.05) is 24.9 Å². The van der Waals surface area contributed by atoms with Crippen LogP contribution in [-0.4, -0.2) is 23.4 Å². The molecular weight excluding hydrogens is 276 g/mol. The lowest BCUT2D eigenvalue weighted by molar-refractivity contribution is 0.547. The van der Waals surface area contributed by atoms with Gasteiger partial charge < -0.3 is 4.98 Å². The van der Waals surface area contributed by atoms with Crippen molar-refractivity contribution in [2.75, 3.05) is 0 Å². The van der Waals surface area contributed by atoms with Crippen molar-refractivity contribution in [1.82, 2.24) is 19.7 Å². The van der Waals surface area contributed by atoms with Crippen molar-refractivity contribution in [3.8, 4) is 0 Å². The molecule has 0 bridgehead atoms. The number of aromatic amines is 1. The summed E-state index contributed by atoms with van der Waals surface area (Å²) in [6, 6.07) is 3.33. The summed E-state index contributed by atoms with van der Waals surface area (Å²) in [7, 11) is -3.60. The van der Waals surface area contributed by atoms with E-state index in [1.807, 2.05) is 13.8 Å². The first-order valence-corrected chi connectivity index (χ1v) is 8.01. The van der Waals surface area contributed by atoms with E-state index in [-0.39, 0.29) is 11.1 Å². The van der Waals surface area contributed by atoms with Gasteiger partial charge in [-0.1, -0.05) is 13.8 Å². The maximum atomic E-state index is 12.3. The molecular formula is C13H18N4O2S. The van der Waals surface area contributed by atoms with Crippen molar-refractivity contribution in [3.05, 3.63) is 42.1 Å². The van der Waals surface area contributed by atoms with Gasteiger partial charge in [0.1, 0.15) is 5.82 Å². The summed E-state index contributed by atoms with van der Waals surface area (Å²) in [4.78, 5) is 10.8. The van der Waals surface area contributed by atoms with Gasteiger partial charge >= 0.3 is 0 Å². The molecule has 0 amide bonds. The molecule has 0 saturated heterocycles. The highest BCUT2D eigenvalue weighted by Crippen LogP contribution is 2.18. The van der Waals surface area contributed by atoms with Crippen LogP contribution in [0.4, 0.5) is 0 Å². The van der Waals surface area contributed by atoms with Crippen LogP contribution in [0, 0.1) is 0 Å². The van der Waals surface area contributed by atoms with Crippen LogP contribution in [0.15, 0.2) is 35.7 Å². The van der Waals surface area contributed by atoms with Crippen LogP contribution < -0.4 is 4.72 Å². The molecule has 0 spiro atoms. The Kier molecular flexibility index (Phi) is 4.51. The number of pyridine rings is 1. The summed E-state index contributed by atoms with van der Waals surface area (Å²) in [5.74, 6) is 0.655. The predicted molar refractivity (Wildman–Crippen MR) is 75.6 cm³/mol. The third-order valence-electron chi connectivity index (χ3n) is 3.04. The highest BCUT2D eigenvalue weighted by atomic mass is 32.2. The van der Waals surface area contributed by atoms with Gasteiger partial charge in [-0.15, -0.1) is 0 Å². The Labute approximate surface area is 118 Å². The third-order valence-corrected chi connectivity index (χ3v) is 4.42. The zero-order chi connectivity index (χ0) is 14.6. The number of nitrogens with one attached hydrogen (secondary N) is 2. The number of sulfonamides is 1. The van der Waals surface area contributed by atoms with Crippen molar-refractivity contribution in [1.29, 1.82) is 0 Å². The SMILES string of the molecule is CCc1ncc(S(=O)(=O)NC(CC)c2ccncc2)[nH]1. The van der Waals surface area contributed by atoms with Crippen LogP contribution >= 0.6 is 0 Å². The molecule has 2 N–H and O–H groups in total. The van der Waals surface area contributed by atoms with Crippen molar-refractivity contribution in [2.24, 2.45) is 0 Å². The van der Waals surface area contributed by atoms with Crippen molar-refractivity contribution >= 4 is 10.0 Å². The Morgan fingerprint density at radius 1 is 1.30 bits per heavy atom. The van der Waals surface area contributed by atoms with E-state index in [1.54, 1.807) is 24.5 Å². The normalized spacial score (nSPS) is 13.3. The standard InChI is InChI=1S/C13H18N4O2S/c1-3-11(10-5-7-14-8-6-10)17-20(18,19)13-9-15-12(4-2)16-13/h5-9,11,17H,3-4H2,1-2H3,(H,15,16). The van der Waals surface area contributed by atoms with Gasteiger partial charge in [-0.05, 0) is 24.1 Å². The van der Waals surface area contributed by atoms with E-state index >= 15 is 0 Å². The van der Waals surface area contributed by atoms with Crippen LogP contribution in [0.1, 0.15) is 37.7 Å². The summed E-state index contributed by atoms with van der Waals surface area (Å²) in [5, 5.41) is 0.0989. The fourth-order valence-electron chi connectivity index (χ4n) is 1.89. The van der Waals surface area contributed by atoms with Crippen molar-refractivity contribution in [3.63, 3.8) is 0 Å². The second-order valence-corrected chi connectivity index (χ2v) is 6.09. The highest BCUT2D eigenvalue weighted by Gasteiger charge is 2.22. The topological polar surface area (TPSA) is 87.7 Å². The Bertz CT molecular complexity index is 652. The zero-order valence-electron chi connectivity index (χ0n) is 11.5. The van der Waals surface area contributed by atoms with Crippen LogP contribution in [0.2, 0.25) is 0 Å². The quantitative estimate of drug-likeness (QED) is 0.850. The maximum Gasteiger partial charge on any atom is 0.258 e. The number of nitrogens with zero attached hydrogens (tertiary/aromatic N) is 2. The van der Waals surface area contributed by atoms with E-state index < -0.39 is 10.0 Å². The van der Waals surface area contributed by atoms with Gasteiger partial charge in [-0.25, -0.2) is 18.1 Å². The molecule has 20 heavy (non-hydrogen) atoms. The first-order chi connectivity index (χ1) is 9.56. The second-order valence-electron chi connectivity index (χ2n) is 4.41. The molecule has 0 aliphatic heterocycles. The van der Waals surface area contributed by atoms with Crippen LogP contribution in [0.3, 0.4) is 0 Å². The lowest BCUT2D eigenvalue weighted by atomic mass is 10.1. The number of hydrogen-bond acceptors (Lipinski definition) is 4. The van der Waals surface area contributed by atoms with E-state index in [9.17, 15) is 8.42 Å². The van der Waals surface area contributed by atoms with Gasteiger partial charge in [-0.3, -0.25) is 4.98 Å². The Morgan fingerprint density at radius 3 is 2.55 bits per heavy atom. The van der Waals surface area contributed by atoms with Crippen molar-refractivity contribution in [2.45, 2.75) is 37.8 Å². The first-order valence-electron chi connectivity index (χ1n) is 6.53. The van der Waals surface area contributed by atoms with Gasteiger partial charge in [0.2, 0.25) is 0 Å². The lowest BCUT2D eigenvalue weighted by Crippen LogP contribution is -2.28. The number of hydrogen-bond donors (Lipinski definition) is 2. The van der Waals surface area contributed by atoms with E-state index in [2.05, 4.69) is 19.7 Å². The molecule has 0 aliphatic carbocycles. The van der Waals surface area contributed by atoms with E-state index in [0.29, 0.717) is 18.7 Å². The number of aromatic nitrogens is 3. The number of aryl methyl sites for hydroxylation is 1. The second kappa shape index (κ2) is 6.15. The largest absolute Gasteiger partial charge is 0.332 e. The number of imidazole rings is 1. The van der Waals surface area contributed by atoms with Crippen LogP contribution in [0.5, 0.6) is 0 Å². The minimum atomic E-state index is -3.60. The molecule has 108 valence electrons. The molecule has 2 heterocycles. The first kappa shape index (κ1) is 14.7. The highest BCUT2D eigenvalue weighted by molar-refractivity contribution is 7.89. The summed E-state index contributed by atoms with van der Waals surface area (Å²) in [6.07, 6.45) is 5.96. The van der Waals surface area contributed by atoms with E-state index in [1.165, 1.54) is 6.20 Å². The molecule has 2 aromatic rings. The Balaban J connectivity index is 2.22. The minimum absolute atomic E-state index is 0.0989. The van der Waals surface area contributed by atoms with Gasteiger partial charge in [0.15, 0.2) is 5.03 Å². The number of H-pyrrole nitrogens is 1. The molecule has 1 unspecified atom stereocenters. The molecule has 0 radical (unpaired) electrons. The zero-order valence-corrected chi connectivity index (χ0v) is 12.3. The molecule has 6 nitrogen and oxygen atoms in total. The monoisotopic (exact) mass is 294 g/mol. The molecule has 0 saturated carbocycles. The lowest BCUT2D eigenvalue weighted by Gasteiger charge is -2.16. The molecule has 0 aromatic carbocycles. The summed E-state index contributed by atoms with van der Waals surface area (Å²) in [6.45, 7) is 3.84. The average Bonchev–Trinajstić information content (AvgIpc) is 2.95. The summed E-state index contributed by atoms with van der Waals surface area (Å²) >= 11 is 0. The Hall–Kier alpha value is -1.73. The third kappa shape index (κ3) is 3.23. The van der Waals surface area contributed by atoms with Crippen LogP contribution in [0.25, 0.3) is 0 Å². The Morgan fingerprint density at radius 2 is 2.00 bits per heavy atom. The van der Waals surface area contributed by atoms with Gasteiger partial charge in [0.05, 0.1) is 6.20 Å². The summed E-state index contributed by atoms with van der Waals surface area (Å²) < 4.78 is 27.3. The van der Waals surface area contributed by atoms with Crippen LogP contribution in [-0.2, 0) is 16.4 Å². The van der Waals surface area contributed by atoms with Gasteiger partial charge in [0.25, 0.3) is 10.0 Å². The summed E-state index contributed by atoms with van der Waals surface area (Å²) in [5.41, 5.74) is 0.890. The average molecular weight is 294 g/mol. The maximum absolute atomic E-state index is 12.3. The van der Waals surface area contributed by atoms with E-state index in [4.69, 9.17) is 0 Å². The molecule has 2 aromatic heterocycles. The van der Waals surface area contributed by atoms with Gasteiger partial charge in [-0.2, -0.15) is 0 Å². The molecule has 7 heteroatoms. The van der Waals surface area contributed by atoms with E-state index in [0.717, 1.165) is 5.56 Å². The minimum Gasteiger partial charge on any atom is -0.332 e. The van der Waals surface area contributed by atoms with Crippen molar-refractivity contribution < 1.29 is 8.42 Å².